The van der Waals surface area contributed by atoms with Crippen LogP contribution >= 0.6 is 0 Å². The van der Waals surface area contributed by atoms with Crippen LogP contribution in [0.25, 0.3) is 78.7 Å². The maximum atomic E-state index is 14.8. The predicted molar refractivity (Wildman–Crippen MR) is 329 cm³/mol. The Morgan fingerprint density at radius 2 is 1.08 bits per heavy atom. The highest BCUT2D eigenvalue weighted by Gasteiger charge is 2.55. The van der Waals surface area contributed by atoms with E-state index in [2.05, 4.69) is 25.2 Å². The fraction of sp³-hybridized carbons (Fsp3) is 0.388. The number of amides is 3. The van der Waals surface area contributed by atoms with E-state index in [0.717, 1.165) is 115 Å². The van der Waals surface area contributed by atoms with Crippen LogP contribution < -0.4 is 5.73 Å². The lowest BCUT2D eigenvalue weighted by Gasteiger charge is -2.40. The van der Waals surface area contributed by atoms with Crippen molar-refractivity contribution in [2.45, 2.75) is 129 Å². The largest absolute Gasteiger partial charge is 0.505 e. The molecule has 10 aromatic rings. The van der Waals surface area contributed by atoms with Gasteiger partial charge in [-0.2, -0.15) is 10.2 Å². The van der Waals surface area contributed by atoms with Crippen LogP contribution in [0.3, 0.4) is 0 Å². The highest BCUT2D eigenvalue weighted by Crippen LogP contribution is 2.45. The third kappa shape index (κ3) is 9.50. The first-order chi connectivity index (χ1) is 42.8. The SMILES string of the molecule is Cc1c(-c2cc3ccc(-c4cccc(O)c4F)nc3n2CC2CC2)nn2cc(C(=O)N3CC4CCC3[C@@H]4N(C(=O)O)C(C)(C)C)cnc12.Cc1c(-c2cc3ccc(-c4cccc(O)c4F)nc3n2CC2CC2)nn2cc(C(=O)N3CC4CCC3[C@@H]4N)cnc12. The summed E-state index contributed by atoms with van der Waals surface area (Å²) in [6.07, 6.45) is 14.0. The Morgan fingerprint density at radius 1 is 0.618 bits per heavy atom. The van der Waals surface area contributed by atoms with E-state index in [1.807, 2.05) is 62.6 Å². The van der Waals surface area contributed by atoms with E-state index in [0.29, 0.717) is 70.3 Å². The molecular formula is C67H68F2N14O6. The summed E-state index contributed by atoms with van der Waals surface area (Å²) in [6.45, 7) is 12.4. The molecule has 10 heterocycles. The number of hydrogen-bond donors (Lipinski definition) is 4. The molecule has 4 saturated carbocycles. The van der Waals surface area contributed by atoms with Crippen molar-refractivity contribution in [2.24, 2.45) is 29.4 Å². The van der Waals surface area contributed by atoms with Gasteiger partial charge in [-0.25, -0.2) is 42.5 Å². The normalized spacial score (nSPS) is 21.3. The molecule has 5 N–H and O–H groups in total. The number of halogens is 2. The molecule has 456 valence electrons. The molecule has 22 heteroatoms. The molecule has 3 amide bonds. The minimum Gasteiger partial charge on any atom is -0.505 e. The van der Waals surface area contributed by atoms with Gasteiger partial charge in [-0.15, -0.1) is 0 Å². The number of carbonyl (C=O) groups excluding carboxylic acids is 2. The van der Waals surface area contributed by atoms with E-state index in [1.165, 1.54) is 17.0 Å². The van der Waals surface area contributed by atoms with Gasteiger partial charge in [-0.05, 0) is 170 Å². The van der Waals surface area contributed by atoms with Gasteiger partial charge in [-0.3, -0.25) is 14.5 Å². The lowest BCUT2D eigenvalue weighted by molar-refractivity contribution is 0.0503. The Morgan fingerprint density at radius 3 is 1.52 bits per heavy atom. The number of likely N-dealkylation sites (tertiary alicyclic amines) is 2. The topological polar surface area (TPSA) is 244 Å². The minimum atomic E-state index is -0.960. The number of fused-ring (bicyclic) bond motifs is 8. The molecule has 2 saturated heterocycles. The highest BCUT2D eigenvalue weighted by molar-refractivity contribution is 5.96. The number of aromatic hydroxyl groups is 2. The molecular weight excluding hydrogens is 1130 g/mol. The van der Waals surface area contributed by atoms with Gasteiger partial charge >= 0.3 is 6.09 Å². The zero-order chi connectivity index (χ0) is 61.6. The number of aryl methyl sites for hydroxylation is 2. The van der Waals surface area contributed by atoms with Crippen LogP contribution in [0.2, 0.25) is 0 Å². The lowest BCUT2D eigenvalue weighted by Crippen LogP contribution is -2.55. The van der Waals surface area contributed by atoms with Crippen molar-refractivity contribution in [3.05, 3.63) is 131 Å². The number of carbonyl (C=O) groups is 3. The molecule has 6 fully saturated rings. The number of piperidine rings is 2. The summed E-state index contributed by atoms with van der Waals surface area (Å²) in [4.78, 5) is 64.0. The van der Waals surface area contributed by atoms with E-state index >= 15 is 0 Å². The van der Waals surface area contributed by atoms with E-state index in [9.17, 15) is 38.5 Å². The quantitative estimate of drug-likeness (QED) is 0.0943. The summed E-state index contributed by atoms with van der Waals surface area (Å²) in [5, 5.41) is 41.6. The van der Waals surface area contributed by atoms with Crippen molar-refractivity contribution >= 4 is 51.3 Å². The number of benzene rings is 2. The second-order valence-electron chi connectivity index (χ2n) is 26.4. The number of hydrogen-bond acceptors (Lipinski definition) is 12. The Bertz CT molecular complexity index is 4570. The van der Waals surface area contributed by atoms with Crippen molar-refractivity contribution in [2.75, 3.05) is 13.1 Å². The number of carboxylic acid groups (broad SMARTS) is 1. The summed E-state index contributed by atoms with van der Waals surface area (Å²) < 4.78 is 37.3. The number of phenols is 2. The predicted octanol–water partition coefficient (Wildman–Crippen LogP) is 10.9. The van der Waals surface area contributed by atoms with Gasteiger partial charge < -0.3 is 40.0 Å². The highest BCUT2D eigenvalue weighted by atomic mass is 19.1. The Hall–Kier alpha value is -9.31. The third-order valence-corrected chi connectivity index (χ3v) is 19.6. The first-order valence-corrected chi connectivity index (χ1v) is 30.8. The molecule has 2 aromatic carbocycles. The first-order valence-electron chi connectivity index (χ1n) is 30.8. The van der Waals surface area contributed by atoms with Gasteiger partial charge in [0.25, 0.3) is 11.8 Å². The third-order valence-electron chi connectivity index (χ3n) is 19.6. The van der Waals surface area contributed by atoms with Crippen molar-refractivity contribution in [3.63, 3.8) is 0 Å². The molecule has 20 nitrogen and oxygen atoms in total. The number of pyridine rings is 2. The fourth-order valence-corrected chi connectivity index (χ4v) is 14.7. The fourth-order valence-electron chi connectivity index (χ4n) is 14.7. The van der Waals surface area contributed by atoms with Crippen LogP contribution in [0, 0.1) is 49.2 Å². The van der Waals surface area contributed by atoms with Crippen LogP contribution in [-0.2, 0) is 13.1 Å². The molecule has 4 aliphatic carbocycles. The Kier molecular flexibility index (Phi) is 13.2. The monoisotopic (exact) mass is 1200 g/mol. The number of rotatable bonds is 11. The minimum absolute atomic E-state index is 0.0458. The van der Waals surface area contributed by atoms with Crippen molar-refractivity contribution in [3.8, 4) is 56.8 Å². The van der Waals surface area contributed by atoms with E-state index in [1.54, 1.807) is 70.2 Å². The zero-order valence-electron chi connectivity index (χ0n) is 50.1. The van der Waals surface area contributed by atoms with Gasteiger partial charge in [0.15, 0.2) is 34.4 Å². The van der Waals surface area contributed by atoms with Gasteiger partial charge in [0.2, 0.25) is 0 Å². The summed E-state index contributed by atoms with van der Waals surface area (Å²) >= 11 is 0. The van der Waals surface area contributed by atoms with Crippen LogP contribution in [0.15, 0.2) is 97.6 Å². The van der Waals surface area contributed by atoms with Gasteiger partial charge in [-0.1, -0.05) is 12.1 Å². The summed E-state index contributed by atoms with van der Waals surface area (Å²) in [7, 11) is 0. The number of aromatic nitrogens is 10. The molecule has 8 aromatic heterocycles. The summed E-state index contributed by atoms with van der Waals surface area (Å²) in [6, 6.07) is 20.3. The van der Waals surface area contributed by atoms with Gasteiger partial charge in [0, 0.05) is 102 Å². The van der Waals surface area contributed by atoms with Crippen LogP contribution in [0.5, 0.6) is 11.5 Å². The van der Waals surface area contributed by atoms with Crippen molar-refractivity contribution in [1.82, 2.24) is 63.0 Å². The average Bonchev–Trinajstić information content (AvgIpc) is 1.64. The first kappa shape index (κ1) is 56.2. The Labute approximate surface area is 510 Å². The second kappa shape index (κ2) is 20.9. The molecule has 4 unspecified atom stereocenters. The maximum Gasteiger partial charge on any atom is 0.408 e. The molecule has 0 radical (unpaired) electrons. The number of nitrogens with zero attached hydrogens (tertiary/aromatic N) is 13. The number of nitrogens with two attached hydrogens (primary N) is 1. The smallest absolute Gasteiger partial charge is 0.408 e. The summed E-state index contributed by atoms with van der Waals surface area (Å²) in [5.41, 5.74) is 15.8. The molecule has 2 aliphatic heterocycles. The molecule has 89 heavy (non-hydrogen) atoms. The van der Waals surface area contributed by atoms with E-state index < -0.39 is 34.8 Å². The zero-order valence-corrected chi connectivity index (χ0v) is 50.1. The van der Waals surface area contributed by atoms with E-state index in [-0.39, 0.29) is 53.0 Å². The molecule has 4 bridgehead atoms. The molecule has 6 atom stereocenters. The van der Waals surface area contributed by atoms with Crippen LogP contribution in [0.1, 0.15) is 104 Å². The van der Waals surface area contributed by atoms with Crippen molar-refractivity contribution in [1.29, 1.82) is 0 Å². The van der Waals surface area contributed by atoms with Gasteiger partial charge in [0.1, 0.15) is 22.7 Å². The Balaban J connectivity index is 0.000000151. The molecule has 6 aliphatic rings. The average molecular weight is 1200 g/mol. The van der Waals surface area contributed by atoms with Crippen molar-refractivity contribution < 1.29 is 38.5 Å². The van der Waals surface area contributed by atoms with Crippen LogP contribution in [-0.4, -0.2) is 139 Å². The molecule has 16 rings (SSSR count). The molecule has 0 spiro atoms. The van der Waals surface area contributed by atoms with Gasteiger partial charge in [0.05, 0.1) is 46.0 Å². The standard InChI is InChI=1S/C36H38FN7O4.C31H30FN7O2/c1-19-30(27-14-21-10-12-25(24-6-5-7-28(45)29(24)37)39-33(21)41(27)16-20-8-9-20)40-43-18-23(15-38-32(19)43)34(46)42-17-22-11-13-26(42)31(22)44(35(47)48)36(2,3)4;1-16-28(36-39-15-20(12-34-29(16)39)31(41)38-14-19-8-10-23(38)27(19)33)24-11-18-7-9-22(21-3-2-4-25(40)26(21)32)35-30(18)37(24)13-17-5-6-17/h5-7,10,12,14-15,18,20,22,26,31,45H,8-9,11,13,16-17H2,1-4H3,(H,47,48);2-4,7,9,11-12,15,17,19,23,27,40H,5-6,8,10,13-14,33H2,1H3/t22?,26?,31-;19?,23?,27-/m11/s1. The number of phenolic OH excluding ortho intramolecular Hbond substituents is 2. The summed E-state index contributed by atoms with van der Waals surface area (Å²) in [5.74, 6) is -0.889. The van der Waals surface area contributed by atoms with E-state index in [4.69, 9.17) is 25.9 Å². The lowest BCUT2D eigenvalue weighted by atomic mass is 9.98. The maximum absolute atomic E-state index is 14.8. The van der Waals surface area contributed by atoms with Crippen LogP contribution in [0.4, 0.5) is 13.6 Å². The second-order valence-corrected chi connectivity index (χ2v) is 26.4.